The first-order valence-electron chi connectivity index (χ1n) is 4.89. The number of carboxylic acid groups (broad SMARTS) is 1. The van der Waals surface area contributed by atoms with Crippen LogP contribution < -0.4 is 5.32 Å². The molecule has 2 N–H and O–H groups in total. The van der Waals surface area contributed by atoms with Gasteiger partial charge >= 0.3 is 18.4 Å². The monoisotopic (exact) mass is 280 g/mol. The number of piperazine rings is 1. The average Bonchev–Trinajstić information content (AvgIpc) is 2.13. The van der Waals surface area contributed by atoms with Gasteiger partial charge in [-0.05, 0) is 0 Å². The Kier molecular flexibility index (Phi) is 3.99. The molecule has 4 nitrogen and oxygen atoms in total. The molecular weight excluding hydrogens is 270 g/mol. The molecule has 1 rings (SSSR count). The number of nitrogens with one attached hydrogen (secondary N) is 1. The minimum absolute atomic E-state index is 0.0191. The SMILES string of the molecule is O=C(O)N1CCNCC1C(C(F)(F)F)C(F)(F)F. The van der Waals surface area contributed by atoms with Gasteiger partial charge in [0, 0.05) is 19.6 Å². The molecule has 0 aliphatic carbocycles. The number of carbonyl (C=O) groups is 1. The van der Waals surface area contributed by atoms with Crippen molar-refractivity contribution >= 4 is 6.09 Å². The molecule has 1 saturated heterocycles. The normalized spacial score (nSPS) is 22.4. The summed E-state index contributed by atoms with van der Waals surface area (Å²) in [5.41, 5.74) is 0. The van der Waals surface area contributed by atoms with E-state index < -0.39 is 43.5 Å². The van der Waals surface area contributed by atoms with Crippen LogP contribution in [-0.2, 0) is 0 Å². The van der Waals surface area contributed by atoms with Crippen LogP contribution in [0.5, 0.6) is 0 Å². The van der Waals surface area contributed by atoms with Crippen molar-refractivity contribution in [1.29, 1.82) is 0 Å². The second-order valence-corrected chi connectivity index (χ2v) is 3.81. The van der Waals surface area contributed by atoms with Gasteiger partial charge in [0.2, 0.25) is 0 Å². The Labute approximate surface area is 97.5 Å². The fourth-order valence-electron chi connectivity index (χ4n) is 1.88. The lowest BCUT2D eigenvalue weighted by Crippen LogP contribution is -2.62. The quantitative estimate of drug-likeness (QED) is 0.718. The van der Waals surface area contributed by atoms with E-state index in [2.05, 4.69) is 5.32 Å². The van der Waals surface area contributed by atoms with Crippen molar-refractivity contribution in [2.75, 3.05) is 19.6 Å². The van der Waals surface area contributed by atoms with Gasteiger partial charge in [0.1, 0.15) is 0 Å². The van der Waals surface area contributed by atoms with Crippen molar-refractivity contribution in [3.8, 4) is 0 Å². The van der Waals surface area contributed by atoms with E-state index in [-0.39, 0.29) is 11.4 Å². The summed E-state index contributed by atoms with van der Waals surface area (Å²) in [5, 5.41) is 11.0. The Balaban J connectivity index is 3.07. The van der Waals surface area contributed by atoms with E-state index in [0.717, 1.165) is 0 Å². The van der Waals surface area contributed by atoms with Crippen LogP contribution in [-0.4, -0.2) is 54.1 Å². The van der Waals surface area contributed by atoms with Gasteiger partial charge in [-0.15, -0.1) is 0 Å². The summed E-state index contributed by atoms with van der Waals surface area (Å²) in [4.78, 5) is 10.9. The van der Waals surface area contributed by atoms with Gasteiger partial charge in [0.05, 0.1) is 6.04 Å². The molecular formula is C8H10F6N2O2. The van der Waals surface area contributed by atoms with Crippen molar-refractivity contribution in [3.63, 3.8) is 0 Å². The molecule has 0 bridgehead atoms. The van der Waals surface area contributed by atoms with Gasteiger partial charge < -0.3 is 15.3 Å². The zero-order valence-corrected chi connectivity index (χ0v) is 8.85. The van der Waals surface area contributed by atoms with Gasteiger partial charge in [0.15, 0.2) is 5.92 Å². The highest BCUT2D eigenvalue weighted by Gasteiger charge is 2.62. The molecule has 1 atom stereocenters. The highest BCUT2D eigenvalue weighted by atomic mass is 19.4. The first-order valence-corrected chi connectivity index (χ1v) is 4.89. The van der Waals surface area contributed by atoms with Crippen LogP contribution in [0.4, 0.5) is 31.1 Å². The fourth-order valence-corrected chi connectivity index (χ4v) is 1.88. The number of halogens is 6. The van der Waals surface area contributed by atoms with E-state index in [1.54, 1.807) is 0 Å². The number of hydrogen-bond acceptors (Lipinski definition) is 2. The molecule has 0 aromatic carbocycles. The topological polar surface area (TPSA) is 52.6 Å². The number of rotatable bonds is 1. The lowest BCUT2D eigenvalue weighted by Gasteiger charge is -2.40. The van der Waals surface area contributed by atoms with E-state index in [4.69, 9.17) is 5.11 Å². The average molecular weight is 280 g/mol. The minimum atomic E-state index is -5.55. The molecule has 1 aliphatic heterocycles. The lowest BCUT2D eigenvalue weighted by atomic mass is 9.95. The molecule has 0 aromatic rings. The van der Waals surface area contributed by atoms with Crippen molar-refractivity contribution in [3.05, 3.63) is 0 Å². The third-order valence-electron chi connectivity index (χ3n) is 2.62. The van der Waals surface area contributed by atoms with Gasteiger partial charge in [-0.3, -0.25) is 0 Å². The standard InChI is InChI=1S/C8H10F6N2O2/c9-7(10,11)5(8(12,13)14)4-3-15-1-2-16(4)6(17)18/h4-5,15H,1-3H2,(H,17,18). The Bertz CT molecular complexity index is 302. The van der Waals surface area contributed by atoms with Gasteiger partial charge in [0.25, 0.3) is 0 Å². The number of hydrogen-bond donors (Lipinski definition) is 2. The second-order valence-electron chi connectivity index (χ2n) is 3.81. The van der Waals surface area contributed by atoms with Crippen LogP contribution in [0.25, 0.3) is 0 Å². The minimum Gasteiger partial charge on any atom is -0.465 e. The highest BCUT2D eigenvalue weighted by Crippen LogP contribution is 2.43. The van der Waals surface area contributed by atoms with Crippen molar-refractivity contribution in [2.24, 2.45) is 5.92 Å². The van der Waals surface area contributed by atoms with Crippen LogP contribution in [0.3, 0.4) is 0 Å². The first kappa shape index (κ1) is 14.9. The first-order chi connectivity index (χ1) is 8.05. The lowest BCUT2D eigenvalue weighted by molar-refractivity contribution is -0.298. The largest absolute Gasteiger partial charge is 0.465 e. The Morgan fingerprint density at radius 3 is 2.11 bits per heavy atom. The molecule has 0 saturated carbocycles. The molecule has 0 aromatic heterocycles. The van der Waals surface area contributed by atoms with Crippen molar-refractivity contribution in [2.45, 2.75) is 18.4 Å². The van der Waals surface area contributed by atoms with Crippen LogP contribution in [0.2, 0.25) is 0 Å². The molecule has 1 heterocycles. The van der Waals surface area contributed by atoms with Crippen LogP contribution in [0, 0.1) is 5.92 Å². The van der Waals surface area contributed by atoms with E-state index in [1.807, 2.05) is 0 Å². The van der Waals surface area contributed by atoms with E-state index in [9.17, 15) is 31.1 Å². The summed E-state index contributed by atoms with van der Waals surface area (Å²) >= 11 is 0. The molecule has 1 unspecified atom stereocenters. The maximum Gasteiger partial charge on any atom is 0.407 e. The summed E-state index contributed by atoms with van der Waals surface area (Å²) in [6.45, 7) is -1.08. The molecule has 18 heavy (non-hydrogen) atoms. The van der Waals surface area contributed by atoms with E-state index in [1.165, 1.54) is 0 Å². The molecule has 106 valence electrons. The molecule has 1 amide bonds. The summed E-state index contributed by atoms with van der Waals surface area (Å²) < 4.78 is 74.8. The fraction of sp³-hybridized carbons (Fsp3) is 0.875. The van der Waals surface area contributed by atoms with Crippen LogP contribution in [0.1, 0.15) is 0 Å². The molecule has 10 heteroatoms. The maximum absolute atomic E-state index is 12.5. The van der Waals surface area contributed by atoms with Gasteiger partial charge in [-0.2, -0.15) is 26.3 Å². The third kappa shape index (κ3) is 3.18. The highest BCUT2D eigenvalue weighted by molar-refractivity contribution is 5.65. The zero-order valence-electron chi connectivity index (χ0n) is 8.85. The summed E-state index contributed by atoms with van der Waals surface area (Å²) in [6, 6.07) is -2.20. The molecule has 1 fully saturated rings. The summed E-state index contributed by atoms with van der Waals surface area (Å²) in [5.74, 6) is -3.69. The predicted molar refractivity (Wildman–Crippen MR) is 47.0 cm³/mol. The Morgan fingerprint density at radius 2 is 1.72 bits per heavy atom. The number of alkyl halides is 6. The number of amides is 1. The second kappa shape index (κ2) is 4.82. The smallest absolute Gasteiger partial charge is 0.407 e. The van der Waals surface area contributed by atoms with Crippen molar-refractivity contribution in [1.82, 2.24) is 10.2 Å². The van der Waals surface area contributed by atoms with Crippen LogP contribution >= 0.6 is 0 Å². The number of nitrogens with zero attached hydrogens (tertiary/aromatic N) is 1. The molecule has 1 aliphatic rings. The van der Waals surface area contributed by atoms with Gasteiger partial charge in [-0.1, -0.05) is 0 Å². The summed E-state index contributed by atoms with van der Waals surface area (Å²) in [7, 11) is 0. The van der Waals surface area contributed by atoms with Crippen LogP contribution in [0.15, 0.2) is 0 Å². The molecule has 0 spiro atoms. The maximum atomic E-state index is 12.5. The third-order valence-corrected chi connectivity index (χ3v) is 2.62. The van der Waals surface area contributed by atoms with E-state index in [0.29, 0.717) is 0 Å². The Morgan fingerprint density at radius 1 is 1.22 bits per heavy atom. The Hall–Kier alpha value is -1.19. The predicted octanol–water partition coefficient (Wildman–Crippen LogP) is 1.68. The van der Waals surface area contributed by atoms with Crippen molar-refractivity contribution < 1.29 is 36.2 Å². The summed E-state index contributed by atoms with van der Waals surface area (Å²) in [6.07, 6.45) is -12.9. The molecule has 0 radical (unpaired) electrons. The van der Waals surface area contributed by atoms with Gasteiger partial charge in [-0.25, -0.2) is 4.79 Å². The van der Waals surface area contributed by atoms with E-state index >= 15 is 0 Å². The zero-order chi connectivity index (χ0) is 14.1.